The Morgan fingerprint density at radius 1 is 1.44 bits per heavy atom. The Bertz CT molecular complexity index is 74.6. The Morgan fingerprint density at radius 3 is 2.00 bits per heavy atom. The van der Waals surface area contributed by atoms with Crippen LogP contribution >= 0.6 is 0 Å². The van der Waals surface area contributed by atoms with Gasteiger partial charge in [0.15, 0.2) is 0 Å². The molecule has 0 radical (unpaired) electrons. The zero-order valence-electron chi connectivity index (χ0n) is 5.91. The van der Waals surface area contributed by atoms with Gasteiger partial charge in [0, 0.05) is 6.04 Å². The fourth-order valence-corrected chi connectivity index (χ4v) is 0.615. The third-order valence-corrected chi connectivity index (χ3v) is 1.19. The number of hydrazine groups is 2. The summed E-state index contributed by atoms with van der Waals surface area (Å²) in [4.78, 5) is 0. The van der Waals surface area contributed by atoms with Crippen molar-refractivity contribution in [3.8, 4) is 0 Å². The minimum Gasteiger partial charge on any atom is -0.393 e. The Balaban J connectivity index is 3.38. The summed E-state index contributed by atoms with van der Waals surface area (Å²) in [6.45, 7) is 3.56. The molecular formula is C5H15N3O. The van der Waals surface area contributed by atoms with E-state index in [0.717, 1.165) is 5.12 Å². The maximum Gasteiger partial charge on any atom is 0.0528 e. The van der Waals surface area contributed by atoms with Gasteiger partial charge in [-0.1, -0.05) is 0 Å². The molecule has 0 spiro atoms. The van der Waals surface area contributed by atoms with E-state index in [1.54, 1.807) is 6.92 Å². The van der Waals surface area contributed by atoms with Crippen LogP contribution < -0.4 is 11.7 Å². The molecule has 2 atom stereocenters. The van der Waals surface area contributed by atoms with Crippen LogP contribution in [0.5, 0.6) is 0 Å². The van der Waals surface area contributed by atoms with Crippen molar-refractivity contribution in [2.75, 3.05) is 0 Å². The topological polar surface area (TPSA) is 75.5 Å². The van der Waals surface area contributed by atoms with Gasteiger partial charge in [-0.2, -0.15) is 5.12 Å². The highest BCUT2D eigenvalue weighted by molar-refractivity contribution is 4.59. The number of hydrogen-bond acceptors (Lipinski definition) is 4. The molecule has 0 aliphatic carbocycles. The molecule has 0 aromatic carbocycles. The van der Waals surface area contributed by atoms with E-state index in [-0.39, 0.29) is 12.1 Å². The summed E-state index contributed by atoms with van der Waals surface area (Å²) < 4.78 is 0. The van der Waals surface area contributed by atoms with E-state index in [0.29, 0.717) is 6.42 Å². The van der Waals surface area contributed by atoms with Crippen LogP contribution in [0.1, 0.15) is 20.3 Å². The first-order valence-corrected chi connectivity index (χ1v) is 3.00. The second-order valence-electron chi connectivity index (χ2n) is 2.38. The van der Waals surface area contributed by atoms with Gasteiger partial charge in [-0.15, -0.1) is 0 Å². The van der Waals surface area contributed by atoms with Crippen molar-refractivity contribution in [1.29, 1.82) is 0 Å². The molecule has 0 amide bonds. The number of hydrogen-bond donors (Lipinski definition) is 3. The van der Waals surface area contributed by atoms with Gasteiger partial charge >= 0.3 is 0 Å². The lowest BCUT2D eigenvalue weighted by molar-refractivity contribution is 0.121. The van der Waals surface area contributed by atoms with Crippen molar-refractivity contribution in [1.82, 2.24) is 5.12 Å². The SMILES string of the molecule is CC(O)CC(C)N(N)N. The van der Waals surface area contributed by atoms with E-state index in [9.17, 15) is 0 Å². The molecule has 4 nitrogen and oxygen atoms in total. The summed E-state index contributed by atoms with van der Waals surface area (Å²) in [5.41, 5.74) is 0. The van der Waals surface area contributed by atoms with Gasteiger partial charge in [-0.3, -0.25) is 11.7 Å². The molecule has 0 heterocycles. The average Bonchev–Trinajstić information content (AvgIpc) is 1.63. The van der Waals surface area contributed by atoms with Crippen molar-refractivity contribution < 1.29 is 5.11 Å². The number of nitrogens with two attached hydrogens (primary N) is 2. The van der Waals surface area contributed by atoms with Crippen LogP contribution in [0.4, 0.5) is 0 Å². The summed E-state index contributed by atoms with van der Waals surface area (Å²) in [6, 6.07) is 0.0324. The van der Waals surface area contributed by atoms with Gasteiger partial charge in [-0.05, 0) is 20.3 Å². The Labute approximate surface area is 55.4 Å². The van der Waals surface area contributed by atoms with E-state index in [1.807, 2.05) is 6.92 Å². The fourth-order valence-electron chi connectivity index (χ4n) is 0.615. The third kappa shape index (κ3) is 4.35. The van der Waals surface area contributed by atoms with E-state index < -0.39 is 0 Å². The van der Waals surface area contributed by atoms with Crippen LogP contribution in [0, 0.1) is 0 Å². The van der Waals surface area contributed by atoms with E-state index in [1.165, 1.54) is 0 Å². The molecule has 0 aromatic rings. The molecule has 2 unspecified atom stereocenters. The van der Waals surface area contributed by atoms with Gasteiger partial charge < -0.3 is 5.11 Å². The predicted molar refractivity (Wildman–Crippen MR) is 36.0 cm³/mol. The Morgan fingerprint density at radius 2 is 1.89 bits per heavy atom. The highest BCUT2D eigenvalue weighted by atomic mass is 16.3. The summed E-state index contributed by atoms with van der Waals surface area (Å²) in [7, 11) is 0. The van der Waals surface area contributed by atoms with Crippen molar-refractivity contribution in [3.63, 3.8) is 0 Å². The van der Waals surface area contributed by atoms with Crippen LogP contribution in [0.15, 0.2) is 0 Å². The number of aliphatic hydroxyl groups is 1. The van der Waals surface area contributed by atoms with E-state index >= 15 is 0 Å². The molecular weight excluding hydrogens is 118 g/mol. The first-order chi connectivity index (χ1) is 4.04. The second-order valence-corrected chi connectivity index (χ2v) is 2.38. The standard InChI is InChI=1S/C5H15N3O/c1-4(8(6)7)3-5(2)9/h4-5,9H,3,6-7H2,1-2H3. The molecule has 0 aromatic heterocycles. The number of nitrogens with zero attached hydrogens (tertiary/aromatic N) is 1. The molecule has 0 rings (SSSR count). The van der Waals surface area contributed by atoms with Crippen molar-refractivity contribution in [3.05, 3.63) is 0 Å². The normalized spacial score (nSPS) is 18.0. The van der Waals surface area contributed by atoms with Crippen molar-refractivity contribution in [2.24, 2.45) is 11.7 Å². The maximum atomic E-state index is 8.83. The van der Waals surface area contributed by atoms with Gasteiger partial charge in [0.05, 0.1) is 6.10 Å². The minimum absolute atomic E-state index is 0.0324. The Kier molecular flexibility index (Phi) is 3.72. The molecule has 56 valence electrons. The monoisotopic (exact) mass is 133 g/mol. The molecule has 5 N–H and O–H groups in total. The lowest BCUT2D eigenvalue weighted by Gasteiger charge is -2.19. The maximum absolute atomic E-state index is 8.83. The zero-order chi connectivity index (χ0) is 7.44. The quantitative estimate of drug-likeness (QED) is 0.348. The lowest BCUT2D eigenvalue weighted by atomic mass is 10.2. The van der Waals surface area contributed by atoms with Crippen molar-refractivity contribution >= 4 is 0 Å². The molecule has 0 fully saturated rings. The molecule has 0 aliphatic rings. The van der Waals surface area contributed by atoms with Gasteiger partial charge in [0.2, 0.25) is 0 Å². The van der Waals surface area contributed by atoms with Crippen molar-refractivity contribution in [2.45, 2.75) is 32.4 Å². The fraction of sp³-hybridized carbons (Fsp3) is 1.00. The van der Waals surface area contributed by atoms with Gasteiger partial charge in [-0.25, -0.2) is 0 Å². The van der Waals surface area contributed by atoms with E-state index in [2.05, 4.69) is 0 Å². The molecule has 0 aliphatic heterocycles. The second kappa shape index (κ2) is 3.79. The summed E-state index contributed by atoms with van der Waals surface area (Å²) in [5, 5.41) is 9.94. The summed E-state index contributed by atoms with van der Waals surface area (Å²) in [5.74, 6) is 10.4. The molecule has 0 saturated heterocycles. The zero-order valence-corrected chi connectivity index (χ0v) is 5.91. The number of aliphatic hydroxyl groups excluding tert-OH is 1. The van der Waals surface area contributed by atoms with Crippen LogP contribution in [0.25, 0.3) is 0 Å². The van der Waals surface area contributed by atoms with Crippen LogP contribution in [0.2, 0.25) is 0 Å². The number of rotatable bonds is 3. The molecule has 4 heteroatoms. The predicted octanol–water partition coefficient (Wildman–Crippen LogP) is -0.805. The molecule has 0 bridgehead atoms. The Hall–Kier alpha value is -0.160. The molecule has 9 heavy (non-hydrogen) atoms. The lowest BCUT2D eigenvalue weighted by Crippen LogP contribution is -2.46. The van der Waals surface area contributed by atoms with Crippen LogP contribution in [0.3, 0.4) is 0 Å². The smallest absolute Gasteiger partial charge is 0.0528 e. The summed E-state index contributed by atoms with van der Waals surface area (Å²) in [6.07, 6.45) is 0.266. The first kappa shape index (κ1) is 8.84. The molecule has 0 saturated carbocycles. The van der Waals surface area contributed by atoms with E-state index in [4.69, 9.17) is 16.8 Å². The minimum atomic E-state index is -0.338. The van der Waals surface area contributed by atoms with Crippen LogP contribution in [-0.4, -0.2) is 22.4 Å². The summed E-state index contributed by atoms with van der Waals surface area (Å²) >= 11 is 0. The van der Waals surface area contributed by atoms with Gasteiger partial charge in [0.25, 0.3) is 0 Å². The third-order valence-electron chi connectivity index (χ3n) is 1.19. The highest BCUT2D eigenvalue weighted by Gasteiger charge is 2.07. The van der Waals surface area contributed by atoms with Crippen LogP contribution in [-0.2, 0) is 0 Å². The largest absolute Gasteiger partial charge is 0.393 e. The highest BCUT2D eigenvalue weighted by Crippen LogP contribution is 1.98. The average molecular weight is 133 g/mol. The first-order valence-electron chi connectivity index (χ1n) is 3.00. The van der Waals surface area contributed by atoms with Gasteiger partial charge in [0.1, 0.15) is 0 Å².